The van der Waals surface area contributed by atoms with E-state index in [1.54, 1.807) is 0 Å². The monoisotopic (exact) mass is 486 g/mol. The van der Waals surface area contributed by atoms with E-state index < -0.39 is 10.9 Å². The summed E-state index contributed by atoms with van der Waals surface area (Å²) in [5, 5.41) is 14.2. The number of nitro groups is 1. The lowest BCUT2D eigenvalue weighted by molar-refractivity contribution is -0.386. The van der Waals surface area contributed by atoms with Crippen molar-refractivity contribution in [2.75, 3.05) is 60.4 Å². The molecule has 0 heterocycles. The Morgan fingerprint density at radius 1 is 1.00 bits per heavy atom. The van der Waals surface area contributed by atoms with Gasteiger partial charge in [0.2, 0.25) is 5.91 Å². The van der Waals surface area contributed by atoms with Crippen LogP contribution in [0.1, 0.15) is 31.7 Å². The molecule has 192 valence electrons. The average molecular weight is 487 g/mol. The third-order valence-electron chi connectivity index (χ3n) is 4.45. The fourth-order valence-electron chi connectivity index (χ4n) is 2.67. The minimum absolute atomic E-state index is 0.0243. The fraction of sp³-hybridized carbons (Fsp3) is 0.636. The van der Waals surface area contributed by atoms with Gasteiger partial charge < -0.3 is 33.7 Å². The number of hydrogen-bond donors (Lipinski definition) is 1. The quantitative estimate of drug-likeness (QED) is 0.133. The van der Waals surface area contributed by atoms with Crippen LogP contribution in [0.15, 0.2) is 12.1 Å². The summed E-state index contributed by atoms with van der Waals surface area (Å²) in [4.78, 5) is 33.5. The van der Waals surface area contributed by atoms with Crippen molar-refractivity contribution in [3.63, 3.8) is 0 Å². The number of nitro benzene ring substituents is 1. The van der Waals surface area contributed by atoms with Crippen LogP contribution in [0.4, 0.5) is 5.69 Å². The molecule has 1 N–H and O–H groups in total. The van der Waals surface area contributed by atoms with Gasteiger partial charge in [-0.05, 0) is 12.5 Å². The van der Waals surface area contributed by atoms with E-state index in [4.69, 9.17) is 23.7 Å². The van der Waals surface area contributed by atoms with Gasteiger partial charge in [-0.15, -0.1) is 0 Å². The number of hydrogen-bond acceptors (Lipinski definition) is 10. The topological polar surface area (TPSA) is 145 Å². The van der Waals surface area contributed by atoms with Crippen LogP contribution in [0.25, 0.3) is 0 Å². The van der Waals surface area contributed by atoms with Crippen LogP contribution >= 0.6 is 0 Å². The highest BCUT2D eigenvalue weighted by atomic mass is 16.6. The molecule has 1 aromatic carbocycles. The Morgan fingerprint density at radius 3 is 2.35 bits per heavy atom. The summed E-state index contributed by atoms with van der Waals surface area (Å²) in [6.45, 7) is 3.45. The fourth-order valence-corrected chi connectivity index (χ4v) is 2.67. The summed E-state index contributed by atoms with van der Waals surface area (Å²) in [5.74, 6) is -0.0958. The number of nitrogens with one attached hydrogen (secondary N) is 1. The number of esters is 1. The maximum Gasteiger partial charge on any atom is 0.331 e. The van der Waals surface area contributed by atoms with Crippen molar-refractivity contribution in [3.05, 3.63) is 27.8 Å². The first-order valence-electron chi connectivity index (χ1n) is 11.0. The molecule has 12 nitrogen and oxygen atoms in total. The number of amides is 1. The van der Waals surface area contributed by atoms with E-state index in [2.05, 4.69) is 10.1 Å². The second kappa shape index (κ2) is 17.5. The van der Waals surface area contributed by atoms with E-state index >= 15 is 0 Å². The highest BCUT2D eigenvalue weighted by Crippen LogP contribution is 2.35. The van der Waals surface area contributed by atoms with E-state index in [9.17, 15) is 19.7 Å². The first-order chi connectivity index (χ1) is 16.4. The maximum atomic E-state index is 11.5. The standard InChI is InChI=1S/C22H34N2O10/c1-4-5-6-21(25)23-7-8-31-9-10-32-11-12-34-20-14-18(24(27)28)17(13-19(20)29-2)15-33-16-22(26)30-3/h13-14H,4-12,15-16H2,1-3H3,(H,23,25). The van der Waals surface area contributed by atoms with Crippen LogP contribution in [-0.2, 0) is 35.1 Å². The van der Waals surface area contributed by atoms with Gasteiger partial charge in [-0.25, -0.2) is 4.79 Å². The maximum absolute atomic E-state index is 11.5. The van der Waals surface area contributed by atoms with E-state index in [1.165, 1.54) is 26.4 Å². The molecule has 34 heavy (non-hydrogen) atoms. The van der Waals surface area contributed by atoms with Gasteiger partial charge >= 0.3 is 5.97 Å². The molecule has 0 aliphatic rings. The van der Waals surface area contributed by atoms with Crippen molar-refractivity contribution >= 4 is 17.6 Å². The number of ether oxygens (including phenoxy) is 6. The van der Waals surface area contributed by atoms with Crippen LogP contribution in [0.3, 0.4) is 0 Å². The number of nitrogens with zero attached hydrogens (tertiary/aromatic N) is 1. The van der Waals surface area contributed by atoms with Crippen LogP contribution in [0.2, 0.25) is 0 Å². The van der Waals surface area contributed by atoms with E-state index in [1.807, 2.05) is 6.92 Å². The number of unbranched alkanes of at least 4 members (excludes halogenated alkanes) is 1. The molecule has 0 aromatic heterocycles. The minimum Gasteiger partial charge on any atom is -0.493 e. The third-order valence-corrected chi connectivity index (χ3v) is 4.45. The van der Waals surface area contributed by atoms with Crippen molar-refractivity contribution in [2.24, 2.45) is 0 Å². The lowest BCUT2D eigenvalue weighted by Gasteiger charge is -2.13. The molecular weight excluding hydrogens is 452 g/mol. The van der Waals surface area contributed by atoms with Crippen LogP contribution < -0.4 is 14.8 Å². The SMILES string of the molecule is CCCCC(=O)NCCOCCOCCOc1cc([N+](=O)[O-])c(COCC(=O)OC)cc1OC. The molecule has 1 aromatic rings. The Bertz CT molecular complexity index is 772. The molecule has 0 saturated carbocycles. The first-order valence-corrected chi connectivity index (χ1v) is 11.0. The molecule has 0 saturated heterocycles. The molecule has 0 unspecified atom stereocenters. The van der Waals surface area contributed by atoms with Crippen LogP contribution in [0, 0.1) is 10.1 Å². The van der Waals surface area contributed by atoms with Crippen molar-refractivity contribution in [1.82, 2.24) is 5.32 Å². The second-order valence-electron chi connectivity index (χ2n) is 6.98. The number of carbonyl (C=O) groups is 2. The Hall–Kier alpha value is -2.96. The van der Waals surface area contributed by atoms with Gasteiger partial charge in [-0.2, -0.15) is 0 Å². The highest BCUT2D eigenvalue weighted by Gasteiger charge is 2.20. The smallest absolute Gasteiger partial charge is 0.331 e. The summed E-state index contributed by atoms with van der Waals surface area (Å²) >= 11 is 0. The summed E-state index contributed by atoms with van der Waals surface area (Å²) in [6, 6.07) is 2.67. The number of methoxy groups -OCH3 is 2. The van der Waals surface area contributed by atoms with Gasteiger partial charge in [0.1, 0.15) is 13.2 Å². The van der Waals surface area contributed by atoms with Crippen molar-refractivity contribution in [2.45, 2.75) is 32.8 Å². The molecule has 12 heteroatoms. The Morgan fingerprint density at radius 2 is 1.71 bits per heavy atom. The summed E-state index contributed by atoms with van der Waals surface area (Å²) in [7, 11) is 2.63. The predicted octanol–water partition coefficient (Wildman–Crippen LogP) is 2.01. The van der Waals surface area contributed by atoms with E-state index in [0.29, 0.717) is 32.8 Å². The van der Waals surface area contributed by atoms with E-state index in [0.717, 1.165) is 12.8 Å². The van der Waals surface area contributed by atoms with Gasteiger partial charge in [0.05, 0.1) is 63.8 Å². The second-order valence-corrected chi connectivity index (χ2v) is 6.98. The lowest BCUT2D eigenvalue weighted by atomic mass is 10.1. The Labute approximate surface area is 198 Å². The van der Waals surface area contributed by atoms with Gasteiger partial charge in [0.15, 0.2) is 11.5 Å². The molecule has 0 atom stereocenters. The van der Waals surface area contributed by atoms with Crippen LogP contribution in [0.5, 0.6) is 11.5 Å². The summed E-state index contributed by atoms with van der Waals surface area (Å²) in [5.41, 5.74) is 0.00447. The van der Waals surface area contributed by atoms with Gasteiger partial charge in [0.25, 0.3) is 5.69 Å². The molecule has 0 aliphatic carbocycles. The number of benzene rings is 1. The molecule has 1 rings (SSSR count). The minimum atomic E-state index is -0.589. The van der Waals surface area contributed by atoms with Crippen molar-refractivity contribution in [3.8, 4) is 11.5 Å². The van der Waals surface area contributed by atoms with Crippen LogP contribution in [-0.4, -0.2) is 77.2 Å². The molecular formula is C22H34N2O10. The zero-order valence-corrected chi connectivity index (χ0v) is 20.0. The predicted molar refractivity (Wildman–Crippen MR) is 121 cm³/mol. The van der Waals surface area contributed by atoms with E-state index in [-0.39, 0.29) is 55.1 Å². The molecule has 0 radical (unpaired) electrons. The lowest BCUT2D eigenvalue weighted by Crippen LogP contribution is -2.27. The summed E-state index contributed by atoms with van der Waals surface area (Å²) < 4.78 is 31.3. The molecule has 0 bridgehead atoms. The molecule has 0 fully saturated rings. The summed E-state index contributed by atoms with van der Waals surface area (Å²) in [6.07, 6.45) is 2.38. The van der Waals surface area contributed by atoms with Gasteiger partial charge in [0, 0.05) is 13.0 Å². The number of rotatable bonds is 19. The van der Waals surface area contributed by atoms with Gasteiger partial charge in [-0.1, -0.05) is 13.3 Å². The zero-order valence-electron chi connectivity index (χ0n) is 20.0. The molecule has 0 spiro atoms. The highest BCUT2D eigenvalue weighted by molar-refractivity contribution is 5.75. The number of carbonyl (C=O) groups excluding carboxylic acids is 2. The average Bonchev–Trinajstić information content (AvgIpc) is 2.83. The Balaban J connectivity index is 2.37. The van der Waals surface area contributed by atoms with Gasteiger partial charge in [-0.3, -0.25) is 14.9 Å². The van der Waals surface area contributed by atoms with Crippen molar-refractivity contribution < 1.29 is 42.9 Å². The molecule has 1 amide bonds. The largest absolute Gasteiger partial charge is 0.493 e. The first kappa shape index (κ1) is 29.1. The molecule has 0 aliphatic heterocycles. The van der Waals surface area contributed by atoms with Crippen molar-refractivity contribution in [1.29, 1.82) is 0 Å². The normalized spacial score (nSPS) is 10.6. The zero-order chi connectivity index (χ0) is 25.2. The Kier molecular flexibility index (Phi) is 15.0. The third kappa shape index (κ3) is 11.8.